The third-order valence-electron chi connectivity index (χ3n) is 3.40. The molecular weight excluding hydrogens is 352 g/mol. The Kier molecular flexibility index (Phi) is 5.46. The number of oxazole rings is 1. The maximum absolute atomic E-state index is 12.1. The molecule has 0 amide bonds. The molecule has 2 aromatic heterocycles. The zero-order chi connectivity index (χ0) is 18.4. The van der Waals surface area contributed by atoms with Gasteiger partial charge in [0.2, 0.25) is 5.89 Å². The minimum absolute atomic E-state index is 0.0741. The second-order valence-electron chi connectivity index (χ2n) is 5.14. The number of hydrogen-bond acceptors (Lipinski definition) is 7. The van der Waals surface area contributed by atoms with Crippen molar-refractivity contribution >= 4 is 23.4 Å². The van der Waals surface area contributed by atoms with Crippen molar-refractivity contribution < 1.29 is 18.7 Å². The summed E-state index contributed by atoms with van der Waals surface area (Å²) in [5, 5.41) is 11.1. The predicted octanol–water partition coefficient (Wildman–Crippen LogP) is 4.06. The van der Waals surface area contributed by atoms with Crippen molar-refractivity contribution in [1.29, 1.82) is 5.26 Å². The molecule has 0 saturated carbocycles. The van der Waals surface area contributed by atoms with Crippen molar-refractivity contribution in [2.24, 2.45) is 0 Å². The first-order valence-electron chi connectivity index (χ1n) is 7.61. The van der Waals surface area contributed by atoms with Gasteiger partial charge in [0, 0.05) is 0 Å². The second kappa shape index (κ2) is 8.14. The Labute approximate surface area is 153 Å². The van der Waals surface area contributed by atoms with Crippen molar-refractivity contribution in [3.63, 3.8) is 0 Å². The first kappa shape index (κ1) is 17.5. The van der Waals surface area contributed by atoms with Gasteiger partial charge in [-0.2, -0.15) is 5.26 Å². The number of carbonyl (C=O) groups is 1. The van der Waals surface area contributed by atoms with Crippen molar-refractivity contribution in [3.8, 4) is 22.6 Å². The summed E-state index contributed by atoms with van der Waals surface area (Å²) < 4.78 is 15.6. The first-order chi connectivity index (χ1) is 12.7. The van der Waals surface area contributed by atoms with Crippen LogP contribution in [0.1, 0.15) is 11.3 Å². The van der Waals surface area contributed by atoms with E-state index in [0.717, 1.165) is 4.88 Å². The van der Waals surface area contributed by atoms with Crippen LogP contribution in [-0.2, 0) is 16.1 Å². The SMILES string of the molecule is COc1ccc(/C=C(\C#N)C(=O)OCc2coc(-c3cccs3)n2)cc1. The molecule has 0 radical (unpaired) electrons. The highest BCUT2D eigenvalue weighted by molar-refractivity contribution is 7.13. The minimum atomic E-state index is -0.719. The van der Waals surface area contributed by atoms with E-state index in [0.29, 0.717) is 22.9 Å². The van der Waals surface area contributed by atoms with E-state index in [4.69, 9.17) is 13.9 Å². The normalized spacial score (nSPS) is 11.0. The summed E-state index contributed by atoms with van der Waals surface area (Å²) >= 11 is 1.50. The molecule has 0 saturated heterocycles. The maximum Gasteiger partial charge on any atom is 0.349 e. The lowest BCUT2D eigenvalue weighted by molar-refractivity contribution is -0.139. The summed E-state index contributed by atoms with van der Waals surface area (Å²) in [7, 11) is 1.57. The van der Waals surface area contributed by atoms with Gasteiger partial charge in [-0.05, 0) is 35.2 Å². The largest absolute Gasteiger partial charge is 0.497 e. The van der Waals surface area contributed by atoms with Gasteiger partial charge in [0.05, 0.1) is 12.0 Å². The Morgan fingerprint density at radius 1 is 1.35 bits per heavy atom. The van der Waals surface area contributed by atoms with Gasteiger partial charge in [-0.3, -0.25) is 0 Å². The number of aromatic nitrogens is 1. The van der Waals surface area contributed by atoms with E-state index in [2.05, 4.69) is 4.98 Å². The number of nitriles is 1. The van der Waals surface area contributed by atoms with Crippen LogP contribution in [0.5, 0.6) is 5.75 Å². The third kappa shape index (κ3) is 4.18. The van der Waals surface area contributed by atoms with Crippen LogP contribution in [0.15, 0.2) is 58.0 Å². The smallest absolute Gasteiger partial charge is 0.349 e. The second-order valence-corrected chi connectivity index (χ2v) is 6.09. The molecule has 6 nitrogen and oxygen atoms in total. The molecule has 0 atom stereocenters. The standard InChI is InChI=1S/C19H14N2O4S/c1-23-16-6-4-13(5-7-16)9-14(10-20)19(22)25-12-15-11-24-18(21-15)17-3-2-8-26-17/h2-9,11H,12H2,1H3/b14-9+. The summed E-state index contributed by atoms with van der Waals surface area (Å²) in [6.45, 7) is -0.0741. The van der Waals surface area contributed by atoms with Crippen LogP contribution >= 0.6 is 11.3 Å². The summed E-state index contributed by atoms with van der Waals surface area (Å²) in [5.74, 6) is 0.445. The number of benzene rings is 1. The molecule has 3 rings (SSSR count). The number of esters is 1. The van der Waals surface area contributed by atoms with Gasteiger partial charge < -0.3 is 13.9 Å². The molecule has 0 fully saturated rings. The number of carbonyl (C=O) groups excluding carboxylic acids is 1. The van der Waals surface area contributed by atoms with Crippen molar-refractivity contribution in [3.05, 3.63) is 64.9 Å². The van der Waals surface area contributed by atoms with Crippen LogP contribution in [0.2, 0.25) is 0 Å². The molecule has 0 aliphatic rings. The highest BCUT2D eigenvalue weighted by Crippen LogP contribution is 2.24. The van der Waals surface area contributed by atoms with E-state index < -0.39 is 5.97 Å². The number of ether oxygens (including phenoxy) is 2. The number of rotatable bonds is 6. The van der Waals surface area contributed by atoms with Crippen LogP contribution in [0.4, 0.5) is 0 Å². The number of nitrogens with zero attached hydrogens (tertiary/aromatic N) is 2. The Balaban J connectivity index is 1.64. The fraction of sp³-hybridized carbons (Fsp3) is 0.105. The topological polar surface area (TPSA) is 85.3 Å². The lowest BCUT2D eigenvalue weighted by atomic mass is 10.1. The summed E-state index contributed by atoms with van der Waals surface area (Å²) in [4.78, 5) is 17.3. The van der Waals surface area contributed by atoms with Crippen molar-refractivity contribution in [2.75, 3.05) is 7.11 Å². The maximum atomic E-state index is 12.1. The molecule has 0 spiro atoms. The monoisotopic (exact) mass is 366 g/mol. The highest BCUT2D eigenvalue weighted by Gasteiger charge is 2.13. The Hall–Kier alpha value is -3.37. The van der Waals surface area contributed by atoms with Crippen molar-refractivity contribution in [2.45, 2.75) is 6.61 Å². The molecule has 7 heteroatoms. The fourth-order valence-electron chi connectivity index (χ4n) is 2.11. The van der Waals surface area contributed by atoms with E-state index in [9.17, 15) is 10.1 Å². The van der Waals surface area contributed by atoms with E-state index >= 15 is 0 Å². The van der Waals surface area contributed by atoms with E-state index in [1.165, 1.54) is 23.7 Å². The lowest BCUT2D eigenvalue weighted by Crippen LogP contribution is -2.07. The van der Waals surface area contributed by atoms with Crippen molar-refractivity contribution in [1.82, 2.24) is 4.98 Å². The molecule has 26 heavy (non-hydrogen) atoms. The average Bonchev–Trinajstić information content (AvgIpc) is 3.36. The van der Waals surface area contributed by atoms with Crippen LogP contribution in [0, 0.1) is 11.3 Å². The van der Waals surface area contributed by atoms with E-state index in [1.807, 2.05) is 23.6 Å². The molecule has 0 aliphatic carbocycles. The predicted molar refractivity (Wildman–Crippen MR) is 96.2 cm³/mol. The molecule has 2 heterocycles. The molecule has 0 N–H and O–H groups in total. The van der Waals surface area contributed by atoms with Gasteiger partial charge in [-0.25, -0.2) is 9.78 Å². The molecule has 3 aromatic rings. The number of methoxy groups -OCH3 is 1. The molecule has 0 bridgehead atoms. The lowest BCUT2D eigenvalue weighted by Gasteiger charge is -2.02. The van der Waals surface area contributed by atoms with Gasteiger partial charge in [0.25, 0.3) is 0 Å². The average molecular weight is 366 g/mol. The molecular formula is C19H14N2O4S. The van der Waals surface area contributed by atoms with Gasteiger partial charge >= 0.3 is 5.97 Å². The van der Waals surface area contributed by atoms with Crippen LogP contribution < -0.4 is 4.74 Å². The van der Waals surface area contributed by atoms with Gasteiger partial charge in [-0.1, -0.05) is 18.2 Å². The third-order valence-corrected chi connectivity index (χ3v) is 4.26. The van der Waals surface area contributed by atoms with E-state index in [-0.39, 0.29) is 12.2 Å². The van der Waals surface area contributed by atoms with Gasteiger partial charge in [-0.15, -0.1) is 11.3 Å². The summed E-state index contributed by atoms with van der Waals surface area (Å²) in [6.07, 6.45) is 2.89. The quantitative estimate of drug-likeness (QED) is 0.371. The van der Waals surface area contributed by atoms with Crippen LogP contribution in [0.3, 0.4) is 0 Å². The Bertz CT molecular complexity index is 950. The summed E-state index contributed by atoms with van der Waals surface area (Å²) in [6, 6.07) is 12.6. The summed E-state index contributed by atoms with van der Waals surface area (Å²) in [5.41, 5.74) is 1.07. The van der Waals surface area contributed by atoms with Crippen LogP contribution in [0.25, 0.3) is 16.8 Å². The fourth-order valence-corrected chi connectivity index (χ4v) is 2.76. The number of hydrogen-bond donors (Lipinski definition) is 0. The van der Waals surface area contributed by atoms with Crippen LogP contribution in [-0.4, -0.2) is 18.1 Å². The zero-order valence-electron chi connectivity index (χ0n) is 13.8. The molecule has 0 aliphatic heterocycles. The first-order valence-corrected chi connectivity index (χ1v) is 8.49. The molecule has 0 unspecified atom stereocenters. The van der Waals surface area contributed by atoms with Gasteiger partial charge in [0.1, 0.15) is 36.0 Å². The van der Waals surface area contributed by atoms with Gasteiger partial charge in [0.15, 0.2) is 0 Å². The molecule has 1 aromatic carbocycles. The van der Waals surface area contributed by atoms with E-state index in [1.54, 1.807) is 31.4 Å². The minimum Gasteiger partial charge on any atom is -0.497 e. The Morgan fingerprint density at radius 3 is 2.81 bits per heavy atom. The zero-order valence-corrected chi connectivity index (χ0v) is 14.7. The molecule has 130 valence electrons. The number of thiophene rings is 1. The Morgan fingerprint density at radius 2 is 2.15 bits per heavy atom. The highest BCUT2D eigenvalue weighted by atomic mass is 32.1.